The van der Waals surface area contributed by atoms with Crippen molar-refractivity contribution in [3.8, 4) is 11.6 Å². The fraction of sp³-hybridized carbons (Fsp3) is 0.267. The Kier molecular flexibility index (Phi) is 3.80. The number of nitrogens with zero attached hydrogens (tertiary/aromatic N) is 1. The van der Waals surface area contributed by atoms with Crippen LogP contribution in [-0.2, 0) is 6.54 Å². The number of halogens is 1. The smallest absolute Gasteiger partial charge is 0.219 e. The Morgan fingerprint density at radius 1 is 1.21 bits per heavy atom. The highest BCUT2D eigenvalue weighted by molar-refractivity contribution is 9.10. The summed E-state index contributed by atoms with van der Waals surface area (Å²) in [4.78, 5) is 4.33. The Morgan fingerprint density at radius 2 is 2.05 bits per heavy atom. The minimum Gasteiger partial charge on any atom is -0.438 e. The molecule has 0 radical (unpaired) electrons. The molecular formula is C15H15BrN2O. The summed E-state index contributed by atoms with van der Waals surface area (Å²) in [7, 11) is 0. The highest BCUT2D eigenvalue weighted by Crippen LogP contribution is 2.28. The monoisotopic (exact) mass is 318 g/mol. The summed E-state index contributed by atoms with van der Waals surface area (Å²) in [6.45, 7) is 0.882. The zero-order chi connectivity index (χ0) is 13.1. The van der Waals surface area contributed by atoms with E-state index in [-0.39, 0.29) is 0 Å². The molecule has 1 aliphatic rings. The van der Waals surface area contributed by atoms with Crippen molar-refractivity contribution in [3.05, 3.63) is 52.6 Å². The third kappa shape index (κ3) is 3.55. The lowest BCUT2D eigenvalue weighted by Gasteiger charge is -2.07. The van der Waals surface area contributed by atoms with Gasteiger partial charge in [-0.1, -0.05) is 18.2 Å². The van der Waals surface area contributed by atoms with E-state index in [0.29, 0.717) is 5.88 Å². The summed E-state index contributed by atoms with van der Waals surface area (Å²) in [6, 6.07) is 12.4. The molecule has 0 aliphatic heterocycles. The van der Waals surface area contributed by atoms with Crippen molar-refractivity contribution in [3.63, 3.8) is 0 Å². The van der Waals surface area contributed by atoms with Gasteiger partial charge in [0, 0.05) is 24.8 Å². The Labute approximate surface area is 121 Å². The van der Waals surface area contributed by atoms with E-state index in [1.807, 2.05) is 36.5 Å². The highest BCUT2D eigenvalue weighted by Gasteiger charge is 2.19. The first kappa shape index (κ1) is 12.6. The second kappa shape index (κ2) is 5.72. The topological polar surface area (TPSA) is 34.1 Å². The number of aromatic nitrogens is 1. The van der Waals surface area contributed by atoms with Crippen LogP contribution < -0.4 is 10.1 Å². The molecule has 3 rings (SSSR count). The molecule has 1 aromatic heterocycles. The van der Waals surface area contributed by atoms with Crippen molar-refractivity contribution in [2.24, 2.45) is 0 Å². The van der Waals surface area contributed by atoms with Gasteiger partial charge >= 0.3 is 0 Å². The van der Waals surface area contributed by atoms with Gasteiger partial charge in [0.2, 0.25) is 5.88 Å². The molecule has 1 heterocycles. The number of hydrogen-bond donors (Lipinski definition) is 1. The van der Waals surface area contributed by atoms with E-state index < -0.39 is 0 Å². The molecule has 98 valence electrons. The van der Waals surface area contributed by atoms with Gasteiger partial charge in [-0.2, -0.15) is 0 Å². The average Bonchev–Trinajstić information content (AvgIpc) is 3.25. The minimum atomic E-state index is 0.613. The third-order valence-electron chi connectivity index (χ3n) is 3.02. The summed E-state index contributed by atoms with van der Waals surface area (Å²) in [5.74, 6) is 1.39. The molecule has 1 aliphatic carbocycles. The molecule has 1 aromatic carbocycles. The summed E-state index contributed by atoms with van der Waals surface area (Å²) < 4.78 is 6.65. The normalized spacial score (nSPS) is 14.4. The van der Waals surface area contributed by atoms with Crippen molar-refractivity contribution < 1.29 is 4.74 Å². The SMILES string of the molecule is Brc1ccccc1Oc1ccc(CNC2CC2)cn1. The molecule has 0 atom stereocenters. The molecular weight excluding hydrogens is 304 g/mol. The number of nitrogens with one attached hydrogen (secondary N) is 1. The molecule has 0 saturated heterocycles. The predicted octanol–water partition coefficient (Wildman–Crippen LogP) is 3.89. The van der Waals surface area contributed by atoms with Crippen LogP contribution in [0, 0.1) is 0 Å². The van der Waals surface area contributed by atoms with Crippen LogP contribution >= 0.6 is 15.9 Å². The maximum Gasteiger partial charge on any atom is 0.219 e. The van der Waals surface area contributed by atoms with Crippen LogP contribution in [-0.4, -0.2) is 11.0 Å². The first-order valence-corrected chi connectivity index (χ1v) is 7.21. The number of hydrogen-bond acceptors (Lipinski definition) is 3. The fourth-order valence-electron chi connectivity index (χ4n) is 1.77. The molecule has 4 heteroatoms. The number of benzene rings is 1. The van der Waals surface area contributed by atoms with Gasteiger partial charge in [-0.25, -0.2) is 4.98 Å². The zero-order valence-corrected chi connectivity index (χ0v) is 12.1. The summed E-state index contributed by atoms with van der Waals surface area (Å²) in [6.07, 6.45) is 4.47. The number of para-hydroxylation sites is 1. The fourth-order valence-corrected chi connectivity index (χ4v) is 2.13. The van der Waals surface area contributed by atoms with Crippen LogP contribution in [0.2, 0.25) is 0 Å². The maximum atomic E-state index is 5.72. The van der Waals surface area contributed by atoms with E-state index in [1.165, 1.54) is 18.4 Å². The lowest BCUT2D eigenvalue weighted by atomic mass is 10.3. The van der Waals surface area contributed by atoms with Crippen molar-refractivity contribution in [2.75, 3.05) is 0 Å². The number of ether oxygens (including phenoxy) is 1. The lowest BCUT2D eigenvalue weighted by molar-refractivity contribution is 0.459. The van der Waals surface area contributed by atoms with E-state index in [0.717, 1.165) is 22.8 Å². The van der Waals surface area contributed by atoms with Gasteiger partial charge in [0.15, 0.2) is 0 Å². The van der Waals surface area contributed by atoms with Crippen LogP contribution in [0.1, 0.15) is 18.4 Å². The second-order valence-corrected chi connectivity index (χ2v) is 5.55. The Morgan fingerprint density at radius 3 is 2.74 bits per heavy atom. The van der Waals surface area contributed by atoms with Gasteiger partial charge in [0.1, 0.15) is 5.75 Å². The van der Waals surface area contributed by atoms with Gasteiger partial charge < -0.3 is 10.1 Å². The van der Waals surface area contributed by atoms with Crippen LogP contribution in [0.4, 0.5) is 0 Å². The second-order valence-electron chi connectivity index (χ2n) is 4.69. The quantitative estimate of drug-likeness (QED) is 0.908. The molecule has 1 fully saturated rings. The molecule has 0 amide bonds. The highest BCUT2D eigenvalue weighted by atomic mass is 79.9. The van der Waals surface area contributed by atoms with Crippen LogP contribution in [0.3, 0.4) is 0 Å². The van der Waals surface area contributed by atoms with Gasteiger partial charge in [0.25, 0.3) is 0 Å². The average molecular weight is 319 g/mol. The van der Waals surface area contributed by atoms with E-state index in [1.54, 1.807) is 0 Å². The van der Waals surface area contributed by atoms with Crippen molar-refractivity contribution in [1.82, 2.24) is 10.3 Å². The predicted molar refractivity (Wildman–Crippen MR) is 78.3 cm³/mol. The summed E-state index contributed by atoms with van der Waals surface area (Å²) in [5.41, 5.74) is 1.19. The molecule has 0 bridgehead atoms. The maximum absolute atomic E-state index is 5.72. The largest absolute Gasteiger partial charge is 0.438 e. The Balaban J connectivity index is 1.63. The molecule has 1 saturated carbocycles. The Bertz CT molecular complexity index is 552. The standard InChI is InChI=1S/C15H15BrN2O/c16-13-3-1-2-4-14(13)19-15-8-5-11(10-18-15)9-17-12-6-7-12/h1-5,8,10,12,17H,6-7,9H2. The first-order valence-electron chi connectivity index (χ1n) is 6.42. The lowest BCUT2D eigenvalue weighted by Crippen LogP contribution is -2.15. The van der Waals surface area contributed by atoms with E-state index in [2.05, 4.69) is 32.3 Å². The van der Waals surface area contributed by atoms with Gasteiger partial charge in [0.05, 0.1) is 4.47 Å². The van der Waals surface area contributed by atoms with Gasteiger partial charge in [-0.3, -0.25) is 0 Å². The van der Waals surface area contributed by atoms with Gasteiger partial charge in [-0.05, 0) is 46.5 Å². The molecule has 19 heavy (non-hydrogen) atoms. The molecule has 1 N–H and O–H groups in total. The molecule has 2 aromatic rings. The Hall–Kier alpha value is -1.39. The minimum absolute atomic E-state index is 0.613. The molecule has 0 spiro atoms. The van der Waals surface area contributed by atoms with Crippen molar-refractivity contribution in [2.45, 2.75) is 25.4 Å². The molecule has 0 unspecified atom stereocenters. The number of rotatable bonds is 5. The van der Waals surface area contributed by atoms with Crippen LogP contribution in [0.25, 0.3) is 0 Å². The summed E-state index contributed by atoms with van der Waals surface area (Å²) in [5, 5.41) is 3.46. The van der Waals surface area contributed by atoms with E-state index in [4.69, 9.17) is 4.74 Å². The van der Waals surface area contributed by atoms with E-state index in [9.17, 15) is 0 Å². The summed E-state index contributed by atoms with van der Waals surface area (Å²) >= 11 is 3.45. The third-order valence-corrected chi connectivity index (χ3v) is 3.68. The molecule has 3 nitrogen and oxygen atoms in total. The van der Waals surface area contributed by atoms with Crippen LogP contribution in [0.5, 0.6) is 11.6 Å². The zero-order valence-electron chi connectivity index (χ0n) is 10.5. The van der Waals surface area contributed by atoms with Crippen LogP contribution in [0.15, 0.2) is 47.1 Å². The first-order chi connectivity index (χ1) is 9.31. The van der Waals surface area contributed by atoms with E-state index >= 15 is 0 Å². The van der Waals surface area contributed by atoms with Gasteiger partial charge in [-0.15, -0.1) is 0 Å². The number of pyridine rings is 1. The van der Waals surface area contributed by atoms with Crippen molar-refractivity contribution >= 4 is 15.9 Å². The van der Waals surface area contributed by atoms with Crippen molar-refractivity contribution in [1.29, 1.82) is 0 Å².